The maximum atomic E-state index is 11.9. The minimum atomic E-state index is -0.964. The second-order valence-corrected chi connectivity index (χ2v) is 8.91. The van der Waals surface area contributed by atoms with Crippen LogP contribution in [0.3, 0.4) is 0 Å². The number of carbonyl (C=O) groups is 1. The van der Waals surface area contributed by atoms with Crippen molar-refractivity contribution < 1.29 is 13.7 Å². The second kappa shape index (κ2) is 8.91. The van der Waals surface area contributed by atoms with E-state index in [2.05, 4.69) is 10.6 Å². The molecule has 2 amide bonds. The molecule has 0 heterocycles. The molecule has 0 unspecified atom stereocenters. The molecule has 5 nitrogen and oxygen atoms in total. The minimum absolute atomic E-state index is 0.122. The van der Waals surface area contributed by atoms with Gasteiger partial charge in [-0.2, -0.15) is 0 Å². The van der Waals surface area contributed by atoms with E-state index in [4.69, 9.17) is 4.74 Å². The smallest absolute Gasteiger partial charge is 0.315 e. The Morgan fingerprint density at radius 2 is 2.04 bits per heavy atom. The molecule has 0 fully saturated rings. The number of nitrogens with one attached hydrogen (secondary N) is 2. The second-order valence-electron chi connectivity index (χ2n) is 6.59. The first-order chi connectivity index (χ1) is 10.7. The van der Waals surface area contributed by atoms with Gasteiger partial charge < -0.3 is 15.4 Å². The first-order valence-corrected chi connectivity index (χ1v) is 9.12. The van der Waals surface area contributed by atoms with Crippen molar-refractivity contribution in [3.05, 3.63) is 29.8 Å². The molecule has 0 aromatic heterocycles. The maximum Gasteiger partial charge on any atom is 0.315 e. The predicted molar refractivity (Wildman–Crippen MR) is 95.4 cm³/mol. The average molecular weight is 340 g/mol. The van der Waals surface area contributed by atoms with Gasteiger partial charge in [-0.05, 0) is 52.3 Å². The van der Waals surface area contributed by atoms with Crippen LogP contribution in [-0.2, 0) is 10.8 Å². The number of amides is 2. The molecule has 0 saturated heterocycles. The number of carbonyl (C=O) groups excluding carboxylic acids is 1. The number of benzene rings is 1. The van der Waals surface area contributed by atoms with Crippen LogP contribution < -0.4 is 15.4 Å². The van der Waals surface area contributed by atoms with E-state index in [1.807, 2.05) is 58.9 Å². The van der Waals surface area contributed by atoms with Gasteiger partial charge in [-0.3, -0.25) is 4.21 Å². The maximum absolute atomic E-state index is 11.9. The monoisotopic (exact) mass is 340 g/mol. The van der Waals surface area contributed by atoms with Crippen molar-refractivity contribution in [2.45, 2.75) is 45.4 Å². The molecular formula is C17H28N2O3S. The molecule has 0 bridgehead atoms. The summed E-state index contributed by atoms with van der Waals surface area (Å²) in [5, 5.41) is 5.53. The van der Waals surface area contributed by atoms with Crippen molar-refractivity contribution in [1.29, 1.82) is 0 Å². The molecule has 0 aliphatic rings. The van der Waals surface area contributed by atoms with Gasteiger partial charge >= 0.3 is 6.03 Å². The normalized spacial score (nSPS) is 14.0. The highest BCUT2D eigenvalue weighted by molar-refractivity contribution is 7.86. The van der Waals surface area contributed by atoms with E-state index in [1.165, 1.54) is 0 Å². The lowest BCUT2D eigenvalue weighted by molar-refractivity contribution is 0.227. The van der Waals surface area contributed by atoms with Crippen molar-refractivity contribution in [3.8, 4) is 5.75 Å². The van der Waals surface area contributed by atoms with Crippen LogP contribution >= 0.6 is 0 Å². The predicted octanol–water partition coefficient (Wildman–Crippen LogP) is 2.61. The van der Waals surface area contributed by atoms with Gasteiger partial charge in [-0.15, -0.1) is 0 Å². The third-order valence-electron chi connectivity index (χ3n) is 3.12. The molecule has 23 heavy (non-hydrogen) atoms. The van der Waals surface area contributed by atoms with E-state index in [0.717, 1.165) is 11.3 Å². The van der Waals surface area contributed by atoms with E-state index < -0.39 is 10.8 Å². The van der Waals surface area contributed by atoms with Crippen LogP contribution in [0.4, 0.5) is 4.79 Å². The highest BCUT2D eigenvalue weighted by Crippen LogP contribution is 2.12. The molecule has 6 heteroatoms. The number of rotatable bonds is 7. The molecule has 1 rings (SSSR count). The van der Waals surface area contributed by atoms with Crippen LogP contribution in [0.2, 0.25) is 0 Å². The van der Waals surface area contributed by atoms with Gasteiger partial charge in [0, 0.05) is 27.8 Å². The Hall–Kier alpha value is -1.56. The van der Waals surface area contributed by atoms with Gasteiger partial charge in [0.05, 0.1) is 6.04 Å². The summed E-state index contributed by atoms with van der Waals surface area (Å²) in [6.07, 6.45) is 0. The van der Waals surface area contributed by atoms with Gasteiger partial charge in [0.15, 0.2) is 0 Å². The summed E-state index contributed by atoms with van der Waals surface area (Å²) in [6.45, 7) is 10.4. The number of hydrogen-bond acceptors (Lipinski definition) is 3. The molecule has 0 aliphatic heterocycles. The van der Waals surface area contributed by atoms with Gasteiger partial charge in [-0.25, -0.2) is 4.79 Å². The van der Waals surface area contributed by atoms with E-state index in [9.17, 15) is 9.00 Å². The Balaban J connectivity index is 2.25. The Labute approximate surface area is 141 Å². The average Bonchev–Trinajstić information content (AvgIpc) is 2.44. The summed E-state index contributed by atoms with van der Waals surface area (Å²) in [6, 6.07) is 7.39. The molecule has 0 spiro atoms. The number of hydrogen-bond donors (Lipinski definition) is 2. The molecule has 1 aromatic rings. The zero-order valence-electron chi connectivity index (χ0n) is 14.6. The molecule has 130 valence electrons. The Kier molecular flexibility index (Phi) is 7.55. The molecule has 0 saturated carbocycles. The lowest BCUT2D eigenvalue weighted by atomic mass is 10.2. The van der Waals surface area contributed by atoms with Crippen molar-refractivity contribution in [3.63, 3.8) is 0 Å². The Morgan fingerprint density at radius 1 is 1.35 bits per heavy atom. The highest BCUT2D eigenvalue weighted by Gasteiger charge is 2.19. The van der Waals surface area contributed by atoms with Gasteiger partial charge in [-0.1, -0.05) is 12.1 Å². The zero-order chi connectivity index (χ0) is 17.5. The van der Waals surface area contributed by atoms with Crippen molar-refractivity contribution in [1.82, 2.24) is 10.6 Å². The lowest BCUT2D eigenvalue weighted by Crippen LogP contribution is -2.44. The third-order valence-corrected chi connectivity index (χ3v) is 5.06. The molecule has 0 aliphatic carbocycles. The largest absolute Gasteiger partial charge is 0.491 e. The fraction of sp³-hybridized carbons (Fsp3) is 0.588. The Morgan fingerprint density at radius 3 is 2.65 bits per heavy atom. The van der Waals surface area contributed by atoms with Crippen LogP contribution in [0.15, 0.2) is 24.3 Å². The third kappa shape index (κ3) is 8.02. The van der Waals surface area contributed by atoms with Crippen LogP contribution in [0.25, 0.3) is 0 Å². The van der Waals surface area contributed by atoms with Crippen molar-refractivity contribution >= 4 is 16.8 Å². The van der Waals surface area contributed by atoms with E-state index in [0.29, 0.717) is 18.9 Å². The molecule has 2 atom stereocenters. The van der Waals surface area contributed by atoms with Gasteiger partial charge in [0.25, 0.3) is 0 Å². The summed E-state index contributed by atoms with van der Waals surface area (Å²) in [4.78, 5) is 11.8. The summed E-state index contributed by atoms with van der Waals surface area (Å²) >= 11 is 0. The standard InChI is InChI=1S/C17H28N2O3S/c1-13-7-6-8-15(11-13)22-12-14(2)19-16(20)18-9-10-23(21)17(3,4)5/h6-8,11,14H,9-10,12H2,1-5H3,(H2,18,19,20)/t14-,23-/m0/s1. The van der Waals surface area contributed by atoms with Crippen molar-refractivity contribution in [2.24, 2.45) is 0 Å². The lowest BCUT2D eigenvalue weighted by Gasteiger charge is -2.18. The first kappa shape index (κ1) is 19.5. The molecule has 1 aromatic carbocycles. The van der Waals surface area contributed by atoms with E-state index in [-0.39, 0.29) is 16.8 Å². The quantitative estimate of drug-likeness (QED) is 0.802. The van der Waals surface area contributed by atoms with Gasteiger partial charge in [0.1, 0.15) is 12.4 Å². The van der Waals surface area contributed by atoms with Gasteiger partial charge in [0.2, 0.25) is 0 Å². The molecule has 2 N–H and O–H groups in total. The van der Waals surface area contributed by atoms with Crippen LogP contribution in [-0.4, -0.2) is 39.9 Å². The summed E-state index contributed by atoms with van der Waals surface area (Å²) in [5.41, 5.74) is 1.13. The van der Waals surface area contributed by atoms with Crippen LogP contribution in [0.5, 0.6) is 5.75 Å². The molecular weight excluding hydrogens is 312 g/mol. The fourth-order valence-corrected chi connectivity index (χ4v) is 2.71. The number of urea groups is 1. The summed E-state index contributed by atoms with van der Waals surface area (Å²) in [7, 11) is -0.964. The zero-order valence-corrected chi connectivity index (χ0v) is 15.5. The fourth-order valence-electron chi connectivity index (χ4n) is 1.81. The van der Waals surface area contributed by atoms with E-state index in [1.54, 1.807) is 0 Å². The Bertz CT molecular complexity index is 541. The SMILES string of the molecule is Cc1cccc(OC[C@H](C)NC(=O)NCC[S@](=O)C(C)(C)C)c1. The highest BCUT2D eigenvalue weighted by atomic mass is 32.2. The topological polar surface area (TPSA) is 67.4 Å². The first-order valence-electron chi connectivity index (χ1n) is 7.81. The summed E-state index contributed by atoms with van der Waals surface area (Å²) in [5.74, 6) is 1.24. The van der Waals surface area contributed by atoms with Crippen LogP contribution in [0, 0.1) is 6.92 Å². The van der Waals surface area contributed by atoms with E-state index >= 15 is 0 Å². The molecule has 0 radical (unpaired) electrons. The summed E-state index contributed by atoms with van der Waals surface area (Å²) < 4.78 is 17.3. The number of ether oxygens (including phenoxy) is 1. The van der Waals surface area contributed by atoms with Crippen molar-refractivity contribution in [2.75, 3.05) is 18.9 Å². The number of aryl methyl sites for hydroxylation is 1. The van der Waals surface area contributed by atoms with Crippen LogP contribution in [0.1, 0.15) is 33.3 Å². The minimum Gasteiger partial charge on any atom is -0.491 e.